The minimum absolute atomic E-state index is 0.213. The lowest BCUT2D eigenvalue weighted by molar-refractivity contribution is 0.383. The van der Waals surface area contributed by atoms with Crippen LogP contribution in [0.3, 0.4) is 0 Å². The molecule has 0 atom stereocenters. The lowest BCUT2D eigenvalue weighted by Gasteiger charge is -2.34. The first-order valence-corrected chi connectivity index (χ1v) is 8.56. The number of pyridine rings is 2. The van der Waals surface area contributed by atoms with E-state index in [2.05, 4.69) is 9.97 Å². The summed E-state index contributed by atoms with van der Waals surface area (Å²) in [5, 5.41) is 8.79. The predicted octanol–water partition coefficient (Wildman–Crippen LogP) is 0.859. The van der Waals surface area contributed by atoms with E-state index >= 15 is 0 Å². The second-order valence-corrected chi connectivity index (χ2v) is 7.03. The molecule has 0 aliphatic carbocycles. The molecule has 3 rings (SSSR count). The van der Waals surface area contributed by atoms with Crippen LogP contribution in [0.2, 0.25) is 0 Å². The molecular weight excluding hydrogens is 314 g/mol. The molecule has 0 saturated carbocycles. The summed E-state index contributed by atoms with van der Waals surface area (Å²) in [7, 11) is -3.50. The molecule has 1 aliphatic heterocycles. The molecule has 3 heterocycles. The molecule has 7 nitrogen and oxygen atoms in total. The van der Waals surface area contributed by atoms with Gasteiger partial charge in [-0.25, -0.2) is 13.4 Å². The van der Waals surface area contributed by atoms with Crippen molar-refractivity contribution in [2.24, 2.45) is 0 Å². The highest BCUT2D eigenvalue weighted by molar-refractivity contribution is 7.89. The Kier molecular flexibility index (Phi) is 4.23. The van der Waals surface area contributed by atoms with E-state index in [1.54, 1.807) is 30.5 Å². The van der Waals surface area contributed by atoms with E-state index in [-0.39, 0.29) is 4.90 Å². The second kappa shape index (κ2) is 6.32. The van der Waals surface area contributed by atoms with Gasteiger partial charge in [-0.15, -0.1) is 0 Å². The molecule has 23 heavy (non-hydrogen) atoms. The third-order valence-electron chi connectivity index (χ3n) is 3.71. The predicted molar refractivity (Wildman–Crippen MR) is 84.2 cm³/mol. The standard InChI is InChI=1S/C15H15N5O2S/c16-10-13-3-4-15(18-11-13)19-6-8-20(9-7-19)23(21,22)14-2-1-5-17-12-14/h1-5,11-12H,6-9H2. The summed E-state index contributed by atoms with van der Waals surface area (Å²) in [4.78, 5) is 10.3. The first-order valence-electron chi connectivity index (χ1n) is 7.12. The Morgan fingerprint density at radius 1 is 1.09 bits per heavy atom. The summed E-state index contributed by atoms with van der Waals surface area (Å²) in [5.41, 5.74) is 0.506. The number of sulfonamides is 1. The third kappa shape index (κ3) is 3.16. The van der Waals surface area contributed by atoms with Crippen LogP contribution in [0.5, 0.6) is 0 Å². The van der Waals surface area contributed by atoms with Crippen LogP contribution in [-0.4, -0.2) is 48.9 Å². The Balaban J connectivity index is 1.70. The average Bonchev–Trinajstić information content (AvgIpc) is 2.63. The van der Waals surface area contributed by atoms with Crippen LogP contribution in [0, 0.1) is 11.3 Å². The summed E-state index contributed by atoms with van der Waals surface area (Å²) in [6.45, 7) is 1.88. The van der Waals surface area contributed by atoms with E-state index in [1.165, 1.54) is 16.7 Å². The fourth-order valence-corrected chi connectivity index (χ4v) is 3.83. The molecule has 2 aromatic rings. The number of aromatic nitrogens is 2. The molecule has 1 aliphatic rings. The summed E-state index contributed by atoms with van der Waals surface area (Å²) >= 11 is 0. The number of hydrogen-bond donors (Lipinski definition) is 0. The van der Waals surface area contributed by atoms with Crippen LogP contribution in [0.15, 0.2) is 47.8 Å². The SMILES string of the molecule is N#Cc1ccc(N2CCN(S(=O)(=O)c3cccnc3)CC2)nc1. The minimum Gasteiger partial charge on any atom is -0.354 e. The lowest BCUT2D eigenvalue weighted by atomic mass is 10.3. The zero-order chi connectivity index (χ0) is 16.3. The molecule has 118 valence electrons. The van der Waals surface area contributed by atoms with Crippen LogP contribution >= 0.6 is 0 Å². The largest absolute Gasteiger partial charge is 0.354 e. The number of anilines is 1. The van der Waals surface area contributed by atoms with Crippen LogP contribution < -0.4 is 4.90 Å². The topological polar surface area (TPSA) is 90.2 Å². The molecule has 0 spiro atoms. The third-order valence-corrected chi connectivity index (χ3v) is 5.59. The Morgan fingerprint density at radius 2 is 1.87 bits per heavy atom. The molecule has 2 aromatic heterocycles. The van der Waals surface area contributed by atoms with E-state index in [0.717, 1.165) is 5.82 Å². The van der Waals surface area contributed by atoms with Crippen LogP contribution in [0.4, 0.5) is 5.82 Å². The smallest absolute Gasteiger partial charge is 0.244 e. The van der Waals surface area contributed by atoms with Gasteiger partial charge in [-0.3, -0.25) is 4.98 Å². The summed E-state index contributed by atoms with van der Waals surface area (Å²) in [5.74, 6) is 0.752. The molecule has 0 radical (unpaired) electrons. The average molecular weight is 329 g/mol. The molecule has 1 saturated heterocycles. The van der Waals surface area contributed by atoms with Gasteiger partial charge in [0, 0.05) is 44.8 Å². The van der Waals surface area contributed by atoms with E-state index in [1.807, 2.05) is 11.0 Å². The normalized spacial score (nSPS) is 16.0. The van der Waals surface area contributed by atoms with Gasteiger partial charge in [-0.05, 0) is 24.3 Å². The monoisotopic (exact) mass is 329 g/mol. The van der Waals surface area contributed by atoms with Gasteiger partial charge >= 0.3 is 0 Å². The zero-order valence-corrected chi connectivity index (χ0v) is 13.1. The maximum absolute atomic E-state index is 12.5. The van der Waals surface area contributed by atoms with E-state index in [4.69, 9.17) is 5.26 Å². The van der Waals surface area contributed by atoms with Gasteiger partial charge in [0.05, 0.1) is 5.56 Å². The van der Waals surface area contributed by atoms with Crippen molar-refractivity contribution >= 4 is 15.8 Å². The van der Waals surface area contributed by atoms with Gasteiger partial charge in [0.2, 0.25) is 10.0 Å². The molecule has 0 bridgehead atoms. The molecule has 8 heteroatoms. The highest BCUT2D eigenvalue weighted by Crippen LogP contribution is 2.19. The summed E-state index contributed by atoms with van der Waals surface area (Å²) in [6, 6.07) is 8.69. The quantitative estimate of drug-likeness (QED) is 0.829. The molecular formula is C15H15N5O2S. The van der Waals surface area contributed by atoms with Gasteiger partial charge in [0.25, 0.3) is 0 Å². The summed E-state index contributed by atoms with van der Waals surface area (Å²) in [6.07, 6.45) is 4.44. The van der Waals surface area contributed by atoms with Crippen molar-refractivity contribution in [2.45, 2.75) is 4.90 Å². The number of piperazine rings is 1. The van der Waals surface area contributed by atoms with Gasteiger partial charge < -0.3 is 4.90 Å². The van der Waals surface area contributed by atoms with Gasteiger partial charge in [-0.2, -0.15) is 9.57 Å². The Labute approximate surface area is 134 Å². The number of nitriles is 1. The molecule has 0 N–H and O–H groups in total. The highest BCUT2D eigenvalue weighted by Gasteiger charge is 2.28. The second-order valence-electron chi connectivity index (χ2n) is 5.10. The van der Waals surface area contributed by atoms with Crippen molar-refractivity contribution in [3.05, 3.63) is 48.4 Å². The van der Waals surface area contributed by atoms with Crippen LogP contribution in [-0.2, 0) is 10.0 Å². The zero-order valence-electron chi connectivity index (χ0n) is 12.3. The van der Waals surface area contributed by atoms with Gasteiger partial charge in [0.15, 0.2) is 0 Å². The van der Waals surface area contributed by atoms with Gasteiger partial charge in [-0.1, -0.05) is 0 Å². The van der Waals surface area contributed by atoms with Crippen molar-refractivity contribution in [2.75, 3.05) is 31.1 Å². The van der Waals surface area contributed by atoms with E-state index in [0.29, 0.717) is 31.7 Å². The van der Waals surface area contributed by atoms with Crippen molar-refractivity contribution < 1.29 is 8.42 Å². The Morgan fingerprint density at radius 3 is 2.43 bits per heavy atom. The summed E-state index contributed by atoms with van der Waals surface area (Å²) < 4.78 is 26.5. The molecule has 0 unspecified atom stereocenters. The lowest BCUT2D eigenvalue weighted by Crippen LogP contribution is -2.48. The molecule has 0 amide bonds. The maximum Gasteiger partial charge on any atom is 0.244 e. The fourth-order valence-electron chi connectivity index (χ4n) is 2.45. The van der Waals surface area contributed by atoms with Crippen molar-refractivity contribution in [3.63, 3.8) is 0 Å². The maximum atomic E-state index is 12.5. The number of nitrogens with zero attached hydrogens (tertiary/aromatic N) is 5. The fraction of sp³-hybridized carbons (Fsp3) is 0.267. The first kappa shape index (κ1) is 15.4. The van der Waals surface area contributed by atoms with Crippen LogP contribution in [0.1, 0.15) is 5.56 Å². The Bertz CT molecular complexity index is 807. The van der Waals surface area contributed by atoms with Crippen molar-refractivity contribution in [1.82, 2.24) is 14.3 Å². The molecule has 0 aromatic carbocycles. The highest BCUT2D eigenvalue weighted by atomic mass is 32.2. The first-order chi connectivity index (χ1) is 11.1. The van der Waals surface area contributed by atoms with Crippen molar-refractivity contribution in [3.8, 4) is 6.07 Å². The van der Waals surface area contributed by atoms with Gasteiger partial charge in [0.1, 0.15) is 16.8 Å². The Hall–Kier alpha value is -2.50. The van der Waals surface area contributed by atoms with Crippen molar-refractivity contribution in [1.29, 1.82) is 5.26 Å². The van der Waals surface area contributed by atoms with E-state index in [9.17, 15) is 8.42 Å². The minimum atomic E-state index is -3.50. The van der Waals surface area contributed by atoms with Crippen LogP contribution in [0.25, 0.3) is 0 Å². The molecule has 1 fully saturated rings. The number of rotatable bonds is 3. The number of hydrogen-bond acceptors (Lipinski definition) is 6. The van der Waals surface area contributed by atoms with E-state index < -0.39 is 10.0 Å².